The Balaban J connectivity index is 1.94. The van der Waals surface area contributed by atoms with Gasteiger partial charge in [-0.1, -0.05) is 10.6 Å². The van der Waals surface area contributed by atoms with Crippen LogP contribution in [0.3, 0.4) is 0 Å². The molecule has 0 bridgehead atoms. The number of carbonyl (C=O) groups is 2. The van der Waals surface area contributed by atoms with Crippen molar-refractivity contribution in [3.63, 3.8) is 0 Å². The van der Waals surface area contributed by atoms with Crippen LogP contribution in [0.25, 0.3) is 0 Å². The molecule has 0 atom stereocenters. The van der Waals surface area contributed by atoms with Crippen molar-refractivity contribution in [3.05, 3.63) is 40.7 Å². The zero-order valence-corrected chi connectivity index (χ0v) is 9.85. The lowest BCUT2D eigenvalue weighted by Crippen LogP contribution is -2.22. The fourth-order valence-corrected chi connectivity index (χ4v) is 1.62. The van der Waals surface area contributed by atoms with Gasteiger partial charge in [-0.05, 0) is 23.2 Å². The minimum Gasteiger partial charge on any atom is -0.477 e. The average Bonchev–Trinajstić information content (AvgIpc) is 2.90. The number of carboxylic acid groups (broad SMARTS) is 1. The summed E-state index contributed by atoms with van der Waals surface area (Å²) >= 11 is 1.01. The van der Waals surface area contributed by atoms with E-state index >= 15 is 0 Å². The van der Waals surface area contributed by atoms with Crippen molar-refractivity contribution in [2.45, 2.75) is 6.54 Å². The largest absolute Gasteiger partial charge is 0.477 e. The molecule has 0 spiro atoms. The van der Waals surface area contributed by atoms with Crippen LogP contribution in [0.4, 0.5) is 0 Å². The number of aromatic carboxylic acids is 1. The standard InChI is InChI=1S/C10H8N4O3S/c15-9(8-5-13-14-18-8)12-4-6-1-2-7(10(16)17)11-3-6/h1-3,5H,4H2,(H,12,15)(H,16,17). The normalized spacial score (nSPS) is 10.0. The summed E-state index contributed by atoms with van der Waals surface area (Å²) in [4.78, 5) is 26.3. The summed E-state index contributed by atoms with van der Waals surface area (Å²) < 4.78 is 3.58. The van der Waals surface area contributed by atoms with Gasteiger partial charge in [-0.2, -0.15) is 0 Å². The fourth-order valence-electron chi connectivity index (χ4n) is 1.19. The van der Waals surface area contributed by atoms with Crippen LogP contribution in [0.2, 0.25) is 0 Å². The Morgan fingerprint density at radius 1 is 1.33 bits per heavy atom. The summed E-state index contributed by atoms with van der Waals surface area (Å²) in [5, 5.41) is 14.9. The number of amides is 1. The van der Waals surface area contributed by atoms with E-state index in [0.717, 1.165) is 11.5 Å². The second-order valence-electron chi connectivity index (χ2n) is 3.32. The zero-order chi connectivity index (χ0) is 13.0. The van der Waals surface area contributed by atoms with E-state index in [2.05, 4.69) is 19.9 Å². The summed E-state index contributed by atoms with van der Waals surface area (Å²) in [6.45, 7) is 0.267. The molecule has 2 rings (SSSR count). The van der Waals surface area contributed by atoms with E-state index in [1.807, 2.05) is 0 Å². The number of hydrogen-bond acceptors (Lipinski definition) is 6. The van der Waals surface area contributed by atoms with E-state index in [4.69, 9.17) is 5.11 Å². The van der Waals surface area contributed by atoms with Gasteiger partial charge in [0.25, 0.3) is 5.91 Å². The van der Waals surface area contributed by atoms with Gasteiger partial charge in [-0.3, -0.25) is 4.79 Å². The molecule has 2 aromatic rings. The number of aromatic nitrogens is 3. The van der Waals surface area contributed by atoms with Crippen molar-refractivity contribution < 1.29 is 14.7 Å². The molecular formula is C10H8N4O3S. The fraction of sp³-hybridized carbons (Fsp3) is 0.100. The van der Waals surface area contributed by atoms with Gasteiger partial charge in [-0.25, -0.2) is 9.78 Å². The number of nitrogens with zero attached hydrogens (tertiary/aromatic N) is 3. The lowest BCUT2D eigenvalue weighted by molar-refractivity contribution is 0.0690. The van der Waals surface area contributed by atoms with Crippen molar-refractivity contribution in [3.8, 4) is 0 Å². The summed E-state index contributed by atoms with van der Waals surface area (Å²) in [7, 11) is 0. The molecule has 7 nitrogen and oxygen atoms in total. The molecule has 0 unspecified atom stereocenters. The van der Waals surface area contributed by atoms with E-state index < -0.39 is 5.97 Å². The monoisotopic (exact) mass is 264 g/mol. The minimum absolute atomic E-state index is 0.0308. The Kier molecular flexibility index (Phi) is 3.58. The zero-order valence-electron chi connectivity index (χ0n) is 9.03. The first kappa shape index (κ1) is 12.1. The lowest BCUT2D eigenvalue weighted by Gasteiger charge is -2.03. The molecular weight excluding hydrogens is 256 g/mol. The Labute approximate surface area is 106 Å². The van der Waals surface area contributed by atoms with Crippen LogP contribution in [-0.4, -0.2) is 31.6 Å². The molecule has 8 heteroatoms. The van der Waals surface area contributed by atoms with Gasteiger partial charge in [0, 0.05) is 12.7 Å². The van der Waals surface area contributed by atoms with Crippen LogP contribution in [-0.2, 0) is 6.54 Å². The highest BCUT2D eigenvalue weighted by molar-refractivity contribution is 7.07. The third-order valence-corrected chi connectivity index (χ3v) is 2.75. The first-order valence-corrected chi connectivity index (χ1v) is 5.68. The average molecular weight is 264 g/mol. The third-order valence-electron chi connectivity index (χ3n) is 2.08. The minimum atomic E-state index is -1.08. The van der Waals surface area contributed by atoms with Gasteiger partial charge in [-0.15, -0.1) is 5.10 Å². The van der Waals surface area contributed by atoms with E-state index in [1.54, 1.807) is 6.07 Å². The molecule has 2 heterocycles. The molecule has 0 radical (unpaired) electrons. The highest BCUT2D eigenvalue weighted by atomic mass is 32.1. The molecule has 0 saturated carbocycles. The second-order valence-corrected chi connectivity index (χ2v) is 4.11. The topological polar surface area (TPSA) is 105 Å². The van der Waals surface area contributed by atoms with Crippen molar-refractivity contribution in [1.29, 1.82) is 0 Å². The van der Waals surface area contributed by atoms with Crippen LogP contribution in [0.5, 0.6) is 0 Å². The molecule has 0 aromatic carbocycles. The molecule has 2 N–H and O–H groups in total. The SMILES string of the molecule is O=C(O)c1ccc(CNC(=O)c2cnns2)cn1. The number of rotatable bonds is 4. The van der Waals surface area contributed by atoms with E-state index in [-0.39, 0.29) is 18.1 Å². The lowest BCUT2D eigenvalue weighted by atomic mass is 10.2. The molecule has 0 aliphatic rings. The van der Waals surface area contributed by atoms with Gasteiger partial charge in [0.2, 0.25) is 0 Å². The summed E-state index contributed by atoms with van der Waals surface area (Å²) in [6, 6.07) is 2.99. The Hall–Kier alpha value is -2.35. The number of carbonyl (C=O) groups excluding carboxylic acids is 1. The second kappa shape index (κ2) is 5.32. The third kappa shape index (κ3) is 2.86. The molecule has 2 aromatic heterocycles. The van der Waals surface area contributed by atoms with Crippen molar-refractivity contribution in [2.24, 2.45) is 0 Å². The first-order valence-electron chi connectivity index (χ1n) is 4.90. The van der Waals surface area contributed by atoms with E-state index in [0.29, 0.717) is 10.4 Å². The quantitative estimate of drug-likeness (QED) is 0.836. The van der Waals surface area contributed by atoms with Crippen LogP contribution in [0.1, 0.15) is 25.7 Å². The highest BCUT2D eigenvalue weighted by Crippen LogP contribution is 2.03. The van der Waals surface area contributed by atoms with Crippen LogP contribution >= 0.6 is 11.5 Å². The van der Waals surface area contributed by atoms with Gasteiger partial charge in [0.1, 0.15) is 10.6 Å². The Bertz CT molecular complexity index is 553. The van der Waals surface area contributed by atoms with Crippen LogP contribution in [0.15, 0.2) is 24.5 Å². The van der Waals surface area contributed by atoms with E-state index in [1.165, 1.54) is 18.5 Å². The molecule has 0 saturated heterocycles. The number of hydrogen-bond donors (Lipinski definition) is 2. The van der Waals surface area contributed by atoms with Gasteiger partial charge in [0.05, 0.1) is 6.20 Å². The van der Waals surface area contributed by atoms with Crippen LogP contribution in [0, 0.1) is 0 Å². The molecule has 0 fully saturated rings. The van der Waals surface area contributed by atoms with Gasteiger partial charge < -0.3 is 10.4 Å². The van der Waals surface area contributed by atoms with Crippen molar-refractivity contribution in [1.82, 2.24) is 19.9 Å². The molecule has 92 valence electrons. The van der Waals surface area contributed by atoms with Gasteiger partial charge in [0.15, 0.2) is 0 Å². The number of nitrogens with one attached hydrogen (secondary N) is 1. The van der Waals surface area contributed by atoms with E-state index in [9.17, 15) is 9.59 Å². The first-order chi connectivity index (χ1) is 8.66. The number of pyridine rings is 1. The highest BCUT2D eigenvalue weighted by Gasteiger charge is 2.08. The van der Waals surface area contributed by atoms with Crippen molar-refractivity contribution in [2.75, 3.05) is 0 Å². The predicted molar refractivity (Wildman–Crippen MR) is 62.3 cm³/mol. The summed E-state index contributed by atoms with van der Waals surface area (Å²) in [6.07, 6.45) is 2.79. The Morgan fingerprint density at radius 3 is 2.72 bits per heavy atom. The maximum Gasteiger partial charge on any atom is 0.354 e. The van der Waals surface area contributed by atoms with Crippen molar-refractivity contribution >= 4 is 23.4 Å². The maximum absolute atomic E-state index is 11.6. The number of carboxylic acids is 1. The smallest absolute Gasteiger partial charge is 0.354 e. The maximum atomic E-state index is 11.6. The molecule has 0 aliphatic carbocycles. The summed E-state index contributed by atoms with van der Waals surface area (Å²) in [5.74, 6) is -1.35. The van der Waals surface area contributed by atoms with Crippen LogP contribution < -0.4 is 5.32 Å². The van der Waals surface area contributed by atoms with Gasteiger partial charge >= 0.3 is 5.97 Å². The Morgan fingerprint density at radius 2 is 2.17 bits per heavy atom. The predicted octanol–water partition coefficient (Wildman–Crippen LogP) is 0.561. The summed E-state index contributed by atoms with van der Waals surface area (Å²) in [5.41, 5.74) is 0.683. The molecule has 0 aliphatic heterocycles. The molecule has 1 amide bonds. The molecule has 18 heavy (non-hydrogen) atoms.